The number of fused-ring (bicyclic) bond motifs is 2. The molecule has 0 unspecified atom stereocenters. The van der Waals surface area contributed by atoms with Crippen molar-refractivity contribution in [2.45, 2.75) is 26.8 Å². The van der Waals surface area contributed by atoms with E-state index in [1.165, 1.54) is 17.3 Å². The molecule has 4 rings (SSSR count). The van der Waals surface area contributed by atoms with Crippen molar-refractivity contribution in [2.75, 3.05) is 25.1 Å². The van der Waals surface area contributed by atoms with E-state index in [1.807, 2.05) is 38.1 Å². The lowest BCUT2D eigenvalue weighted by molar-refractivity contribution is 0.100. The van der Waals surface area contributed by atoms with Gasteiger partial charge in [-0.1, -0.05) is 12.1 Å². The maximum absolute atomic E-state index is 12.2. The molecule has 0 radical (unpaired) electrons. The minimum Gasteiger partial charge on any atom is -0.490 e. The van der Waals surface area contributed by atoms with Gasteiger partial charge in [-0.2, -0.15) is 0 Å². The van der Waals surface area contributed by atoms with Crippen molar-refractivity contribution in [1.29, 1.82) is 0 Å². The average molecular weight is 406 g/mol. The van der Waals surface area contributed by atoms with E-state index in [4.69, 9.17) is 15.2 Å². The number of aromatic nitrogens is 1. The average Bonchev–Trinajstić information content (AvgIpc) is 2.75. The first kappa shape index (κ1) is 20.0. The molecular weight excluding hydrogens is 380 g/mol. The second-order valence-electron chi connectivity index (χ2n) is 7.09. The molecule has 0 bridgehead atoms. The van der Waals surface area contributed by atoms with Crippen molar-refractivity contribution < 1.29 is 14.3 Å². The van der Waals surface area contributed by atoms with E-state index < -0.39 is 5.91 Å². The van der Waals surface area contributed by atoms with Crippen LogP contribution in [0.4, 0.5) is 11.4 Å². The highest BCUT2D eigenvalue weighted by molar-refractivity contribution is 6.08. The van der Waals surface area contributed by atoms with E-state index in [1.54, 1.807) is 0 Å². The molecule has 0 saturated heterocycles. The first-order valence-electron chi connectivity index (χ1n) is 10.2. The van der Waals surface area contributed by atoms with Gasteiger partial charge in [0.25, 0.3) is 5.91 Å². The number of nitrogens with zero attached hydrogens (tertiary/aromatic N) is 1. The standard InChI is InChI=1S/C23H26N4O3/c1-3-29-20-10-16-19(11-21(20)30-4-2)26-13-17(23(24)28)22(16)27-18-7-5-6-14-12-25-9-8-15(14)18/h5-7,10-11,13,25H,3-4,8-9,12H2,1-2H3,(H2,24,28)(H,26,27). The van der Waals surface area contributed by atoms with Gasteiger partial charge >= 0.3 is 0 Å². The van der Waals surface area contributed by atoms with Crippen LogP contribution in [0.5, 0.6) is 11.5 Å². The molecular formula is C23H26N4O3. The molecule has 1 aliphatic rings. The predicted octanol–water partition coefficient (Wildman–Crippen LogP) is 3.52. The summed E-state index contributed by atoms with van der Waals surface area (Å²) in [6, 6.07) is 9.86. The largest absolute Gasteiger partial charge is 0.490 e. The first-order valence-corrected chi connectivity index (χ1v) is 10.2. The Bertz CT molecular complexity index is 1100. The zero-order valence-electron chi connectivity index (χ0n) is 17.2. The minimum atomic E-state index is -0.537. The van der Waals surface area contributed by atoms with Gasteiger partial charge in [-0.05, 0) is 50.1 Å². The van der Waals surface area contributed by atoms with Gasteiger partial charge in [-0.25, -0.2) is 0 Å². The van der Waals surface area contributed by atoms with Gasteiger partial charge in [-0.3, -0.25) is 9.78 Å². The zero-order chi connectivity index (χ0) is 21.1. The SMILES string of the molecule is CCOc1cc2ncc(C(N)=O)c(Nc3cccc4c3CCNC4)c2cc1OCC. The highest BCUT2D eigenvalue weighted by Gasteiger charge is 2.19. The first-order chi connectivity index (χ1) is 14.6. The van der Waals surface area contributed by atoms with Crippen LogP contribution in [0.2, 0.25) is 0 Å². The van der Waals surface area contributed by atoms with Crippen molar-refractivity contribution >= 4 is 28.2 Å². The lowest BCUT2D eigenvalue weighted by atomic mass is 9.98. The van der Waals surface area contributed by atoms with Crippen LogP contribution >= 0.6 is 0 Å². The Balaban J connectivity index is 1.89. The highest BCUT2D eigenvalue weighted by Crippen LogP contribution is 2.38. The molecule has 0 spiro atoms. The Morgan fingerprint density at radius 1 is 1.20 bits per heavy atom. The zero-order valence-corrected chi connectivity index (χ0v) is 17.2. The third kappa shape index (κ3) is 3.76. The number of primary amides is 1. The summed E-state index contributed by atoms with van der Waals surface area (Å²) in [6.45, 7) is 6.59. The van der Waals surface area contributed by atoms with Gasteiger partial charge < -0.3 is 25.8 Å². The number of pyridine rings is 1. The van der Waals surface area contributed by atoms with Gasteiger partial charge in [0.15, 0.2) is 11.5 Å². The minimum absolute atomic E-state index is 0.334. The van der Waals surface area contributed by atoms with Gasteiger partial charge in [0.2, 0.25) is 0 Å². The van der Waals surface area contributed by atoms with Crippen molar-refractivity contribution in [1.82, 2.24) is 10.3 Å². The van der Waals surface area contributed by atoms with Crippen LogP contribution in [0.1, 0.15) is 35.3 Å². The number of benzene rings is 2. The van der Waals surface area contributed by atoms with Crippen molar-refractivity contribution in [3.8, 4) is 11.5 Å². The summed E-state index contributed by atoms with van der Waals surface area (Å²) in [5.74, 6) is 0.697. The summed E-state index contributed by atoms with van der Waals surface area (Å²) >= 11 is 0. The molecule has 0 atom stereocenters. The quantitative estimate of drug-likeness (QED) is 0.555. The van der Waals surface area contributed by atoms with Gasteiger partial charge in [0, 0.05) is 29.9 Å². The van der Waals surface area contributed by atoms with Gasteiger partial charge in [0.1, 0.15) is 0 Å². The van der Waals surface area contributed by atoms with E-state index in [-0.39, 0.29) is 0 Å². The lowest BCUT2D eigenvalue weighted by Gasteiger charge is -2.22. The van der Waals surface area contributed by atoms with Crippen molar-refractivity contribution in [3.05, 3.63) is 53.2 Å². The summed E-state index contributed by atoms with van der Waals surface area (Å²) in [5, 5.41) is 7.62. The number of nitrogens with one attached hydrogen (secondary N) is 2. The summed E-state index contributed by atoms with van der Waals surface area (Å²) in [5.41, 5.74) is 10.8. The third-order valence-corrected chi connectivity index (χ3v) is 5.20. The molecule has 7 heteroatoms. The topological polar surface area (TPSA) is 98.5 Å². The van der Waals surface area contributed by atoms with Gasteiger partial charge in [0.05, 0.1) is 30.0 Å². The van der Waals surface area contributed by atoms with Crippen LogP contribution in [0.15, 0.2) is 36.5 Å². The smallest absolute Gasteiger partial charge is 0.252 e. The molecule has 0 fully saturated rings. The Morgan fingerprint density at radius 2 is 1.97 bits per heavy atom. The normalized spacial score (nSPS) is 13.0. The summed E-state index contributed by atoms with van der Waals surface area (Å²) in [4.78, 5) is 16.7. The number of anilines is 2. The fourth-order valence-corrected chi connectivity index (χ4v) is 3.84. The highest BCUT2D eigenvalue weighted by atomic mass is 16.5. The number of amides is 1. The maximum atomic E-state index is 12.2. The number of nitrogens with two attached hydrogens (primary N) is 1. The Labute approximate surface area is 175 Å². The lowest BCUT2D eigenvalue weighted by Crippen LogP contribution is -2.24. The molecule has 1 amide bonds. The Hall–Kier alpha value is -3.32. The number of carbonyl (C=O) groups excluding carboxylic acids is 1. The van der Waals surface area contributed by atoms with Crippen LogP contribution in [-0.2, 0) is 13.0 Å². The van der Waals surface area contributed by atoms with Crippen molar-refractivity contribution in [2.24, 2.45) is 5.73 Å². The van der Waals surface area contributed by atoms with Crippen LogP contribution in [0, 0.1) is 0 Å². The molecule has 2 aromatic carbocycles. The van der Waals surface area contributed by atoms with Crippen LogP contribution in [0.25, 0.3) is 10.9 Å². The second-order valence-corrected chi connectivity index (χ2v) is 7.09. The fraction of sp³-hybridized carbons (Fsp3) is 0.304. The number of rotatable bonds is 7. The third-order valence-electron chi connectivity index (χ3n) is 5.20. The molecule has 1 aromatic heterocycles. The van der Waals surface area contributed by atoms with E-state index in [0.29, 0.717) is 41.5 Å². The van der Waals surface area contributed by atoms with E-state index >= 15 is 0 Å². The van der Waals surface area contributed by atoms with Crippen molar-refractivity contribution in [3.63, 3.8) is 0 Å². The molecule has 0 saturated carbocycles. The molecule has 0 aliphatic carbocycles. The van der Waals surface area contributed by atoms with E-state index in [2.05, 4.69) is 21.7 Å². The molecule has 156 valence electrons. The molecule has 30 heavy (non-hydrogen) atoms. The van der Waals surface area contributed by atoms with Gasteiger partial charge in [-0.15, -0.1) is 0 Å². The summed E-state index contributed by atoms with van der Waals surface area (Å²) in [6.07, 6.45) is 2.42. The van der Waals surface area contributed by atoms with E-state index in [0.717, 1.165) is 30.6 Å². The number of hydrogen-bond acceptors (Lipinski definition) is 6. The van der Waals surface area contributed by atoms with Crippen LogP contribution in [0.3, 0.4) is 0 Å². The Kier molecular flexibility index (Phi) is 5.72. The monoisotopic (exact) mass is 406 g/mol. The Morgan fingerprint density at radius 3 is 2.70 bits per heavy atom. The predicted molar refractivity (Wildman–Crippen MR) is 118 cm³/mol. The summed E-state index contributed by atoms with van der Waals surface area (Å²) < 4.78 is 11.5. The molecule has 1 aliphatic heterocycles. The maximum Gasteiger partial charge on any atom is 0.252 e. The fourth-order valence-electron chi connectivity index (χ4n) is 3.84. The van der Waals surface area contributed by atoms with E-state index in [9.17, 15) is 4.79 Å². The molecule has 2 heterocycles. The summed E-state index contributed by atoms with van der Waals surface area (Å²) in [7, 11) is 0. The molecule has 4 N–H and O–H groups in total. The molecule has 3 aromatic rings. The van der Waals surface area contributed by atoms with Crippen LogP contribution < -0.4 is 25.8 Å². The van der Waals surface area contributed by atoms with Crippen LogP contribution in [-0.4, -0.2) is 30.6 Å². The number of hydrogen-bond donors (Lipinski definition) is 3. The second kappa shape index (κ2) is 8.59. The molecule has 7 nitrogen and oxygen atoms in total. The number of ether oxygens (including phenoxy) is 2. The number of carbonyl (C=O) groups is 1.